The van der Waals surface area contributed by atoms with Crippen molar-refractivity contribution in [3.05, 3.63) is 53.6 Å². The van der Waals surface area contributed by atoms with Gasteiger partial charge in [0.25, 0.3) is 0 Å². The molecule has 1 N–H and O–H groups in total. The fraction of sp³-hybridized carbons (Fsp3) is 0.400. The molecule has 2 aromatic carbocycles. The van der Waals surface area contributed by atoms with Gasteiger partial charge in [0.2, 0.25) is 0 Å². The average Bonchev–Trinajstić information content (AvgIpc) is 3.42. The molecule has 0 spiro atoms. The highest BCUT2D eigenvalue weighted by Gasteiger charge is 2.30. The van der Waals surface area contributed by atoms with Crippen LogP contribution in [0.3, 0.4) is 0 Å². The summed E-state index contributed by atoms with van der Waals surface area (Å²) in [5, 5.41) is 10.2. The van der Waals surface area contributed by atoms with E-state index in [2.05, 4.69) is 17.0 Å². The van der Waals surface area contributed by atoms with Gasteiger partial charge in [0.1, 0.15) is 17.2 Å². The predicted octanol–water partition coefficient (Wildman–Crippen LogP) is 3.96. The zero-order valence-corrected chi connectivity index (χ0v) is 14.4. The Morgan fingerprint density at radius 2 is 1.83 bits per heavy atom. The Bertz CT molecular complexity index is 665. The number of phenols is 1. The SMILES string of the molecule is CCOc1ccc(CN(Cc2c(O)cccc2OC)C2CC2)cc1. The Kier molecular flexibility index (Phi) is 5.26. The van der Waals surface area contributed by atoms with Gasteiger partial charge in [-0.2, -0.15) is 0 Å². The molecule has 0 bridgehead atoms. The van der Waals surface area contributed by atoms with Crippen LogP contribution in [0.15, 0.2) is 42.5 Å². The molecule has 24 heavy (non-hydrogen) atoms. The van der Waals surface area contributed by atoms with E-state index >= 15 is 0 Å². The maximum absolute atomic E-state index is 10.2. The smallest absolute Gasteiger partial charge is 0.127 e. The molecule has 2 aromatic rings. The maximum Gasteiger partial charge on any atom is 0.127 e. The lowest BCUT2D eigenvalue weighted by Crippen LogP contribution is -2.25. The zero-order chi connectivity index (χ0) is 16.9. The Labute approximate surface area is 143 Å². The van der Waals surface area contributed by atoms with Crippen LogP contribution in [-0.4, -0.2) is 29.8 Å². The third-order valence-corrected chi connectivity index (χ3v) is 4.37. The second-order valence-electron chi connectivity index (χ2n) is 6.17. The predicted molar refractivity (Wildman–Crippen MR) is 94.5 cm³/mol. The lowest BCUT2D eigenvalue weighted by molar-refractivity contribution is 0.238. The van der Waals surface area contributed by atoms with Gasteiger partial charge >= 0.3 is 0 Å². The van der Waals surface area contributed by atoms with Crippen molar-refractivity contribution in [1.29, 1.82) is 0 Å². The van der Waals surface area contributed by atoms with Crippen LogP contribution in [0.25, 0.3) is 0 Å². The topological polar surface area (TPSA) is 41.9 Å². The number of hydrogen-bond donors (Lipinski definition) is 1. The molecule has 4 heteroatoms. The van der Waals surface area contributed by atoms with E-state index in [9.17, 15) is 5.11 Å². The Morgan fingerprint density at radius 1 is 1.08 bits per heavy atom. The molecule has 1 fully saturated rings. The highest BCUT2D eigenvalue weighted by atomic mass is 16.5. The molecular formula is C20H25NO3. The first-order valence-electron chi connectivity index (χ1n) is 8.52. The largest absolute Gasteiger partial charge is 0.507 e. The van der Waals surface area contributed by atoms with Crippen molar-refractivity contribution in [3.63, 3.8) is 0 Å². The molecule has 0 atom stereocenters. The molecule has 1 aliphatic carbocycles. The van der Waals surface area contributed by atoms with Gasteiger partial charge < -0.3 is 14.6 Å². The average molecular weight is 327 g/mol. The molecule has 4 nitrogen and oxygen atoms in total. The quantitative estimate of drug-likeness (QED) is 0.797. The monoisotopic (exact) mass is 327 g/mol. The summed E-state index contributed by atoms with van der Waals surface area (Å²) in [6.07, 6.45) is 2.43. The minimum absolute atomic E-state index is 0.298. The van der Waals surface area contributed by atoms with E-state index in [1.54, 1.807) is 13.2 Å². The Morgan fingerprint density at radius 3 is 2.46 bits per heavy atom. The van der Waals surface area contributed by atoms with E-state index < -0.39 is 0 Å². The Hall–Kier alpha value is -2.20. The van der Waals surface area contributed by atoms with E-state index in [1.807, 2.05) is 31.2 Å². The van der Waals surface area contributed by atoms with Crippen molar-refractivity contribution < 1.29 is 14.6 Å². The first-order chi connectivity index (χ1) is 11.7. The molecule has 0 aliphatic heterocycles. The van der Waals surface area contributed by atoms with Crippen molar-refractivity contribution in [2.45, 2.75) is 38.9 Å². The van der Waals surface area contributed by atoms with Gasteiger partial charge in [0.15, 0.2) is 0 Å². The van der Waals surface area contributed by atoms with E-state index in [1.165, 1.54) is 18.4 Å². The third-order valence-electron chi connectivity index (χ3n) is 4.37. The summed E-state index contributed by atoms with van der Waals surface area (Å²) in [6.45, 7) is 4.21. The number of nitrogens with zero attached hydrogens (tertiary/aromatic N) is 1. The summed E-state index contributed by atoms with van der Waals surface area (Å²) >= 11 is 0. The van der Waals surface area contributed by atoms with Gasteiger partial charge in [-0.05, 0) is 49.6 Å². The lowest BCUT2D eigenvalue weighted by Gasteiger charge is -2.24. The lowest BCUT2D eigenvalue weighted by atomic mass is 10.1. The second-order valence-corrected chi connectivity index (χ2v) is 6.17. The van der Waals surface area contributed by atoms with Crippen molar-refractivity contribution in [1.82, 2.24) is 4.90 Å². The van der Waals surface area contributed by atoms with Crippen LogP contribution in [0.2, 0.25) is 0 Å². The van der Waals surface area contributed by atoms with Crippen LogP contribution in [-0.2, 0) is 13.1 Å². The van der Waals surface area contributed by atoms with Crippen molar-refractivity contribution >= 4 is 0 Å². The standard InChI is InChI=1S/C20H25NO3/c1-3-24-17-11-7-15(8-12-17)13-21(16-9-10-16)14-18-19(22)5-4-6-20(18)23-2/h4-8,11-12,16,22H,3,9-10,13-14H2,1-2H3. The molecule has 128 valence electrons. The first kappa shape index (κ1) is 16.7. The third kappa shape index (κ3) is 4.01. The van der Waals surface area contributed by atoms with Gasteiger partial charge in [-0.3, -0.25) is 4.90 Å². The van der Waals surface area contributed by atoms with E-state index in [0.29, 0.717) is 24.9 Å². The number of benzene rings is 2. The van der Waals surface area contributed by atoms with Gasteiger partial charge in [0, 0.05) is 24.7 Å². The molecular weight excluding hydrogens is 302 g/mol. The summed E-state index contributed by atoms with van der Waals surface area (Å²) in [5.74, 6) is 1.95. The molecule has 0 saturated heterocycles. The molecule has 0 unspecified atom stereocenters. The zero-order valence-electron chi connectivity index (χ0n) is 14.4. The summed E-state index contributed by atoms with van der Waals surface area (Å²) in [4.78, 5) is 2.41. The Balaban J connectivity index is 1.74. The van der Waals surface area contributed by atoms with Crippen LogP contribution in [0.4, 0.5) is 0 Å². The summed E-state index contributed by atoms with van der Waals surface area (Å²) in [5.41, 5.74) is 2.11. The number of hydrogen-bond acceptors (Lipinski definition) is 4. The summed E-state index contributed by atoms with van der Waals surface area (Å²) < 4.78 is 10.9. The molecule has 0 aromatic heterocycles. The minimum Gasteiger partial charge on any atom is -0.507 e. The molecule has 0 radical (unpaired) electrons. The molecule has 0 amide bonds. The number of aromatic hydroxyl groups is 1. The van der Waals surface area contributed by atoms with Gasteiger partial charge in [-0.25, -0.2) is 0 Å². The highest BCUT2D eigenvalue weighted by molar-refractivity contribution is 5.44. The van der Waals surface area contributed by atoms with Crippen molar-refractivity contribution in [3.8, 4) is 17.2 Å². The van der Waals surface area contributed by atoms with E-state index in [-0.39, 0.29) is 0 Å². The second kappa shape index (κ2) is 7.58. The van der Waals surface area contributed by atoms with Crippen LogP contribution in [0, 0.1) is 0 Å². The number of rotatable bonds is 8. The van der Waals surface area contributed by atoms with Crippen molar-refractivity contribution in [2.75, 3.05) is 13.7 Å². The van der Waals surface area contributed by atoms with Crippen LogP contribution < -0.4 is 9.47 Å². The minimum atomic E-state index is 0.298. The number of phenolic OH excluding ortho intramolecular Hbond substituents is 1. The molecule has 3 rings (SSSR count). The van der Waals surface area contributed by atoms with Gasteiger partial charge in [-0.15, -0.1) is 0 Å². The summed E-state index contributed by atoms with van der Waals surface area (Å²) in [6, 6.07) is 14.3. The fourth-order valence-electron chi connectivity index (χ4n) is 2.95. The summed E-state index contributed by atoms with van der Waals surface area (Å²) in [7, 11) is 1.65. The number of ether oxygens (including phenoxy) is 2. The molecule has 1 aliphatic rings. The van der Waals surface area contributed by atoms with Gasteiger partial charge in [-0.1, -0.05) is 18.2 Å². The van der Waals surface area contributed by atoms with Crippen molar-refractivity contribution in [2.24, 2.45) is 0 Å². The number of methoxy groups -OCH3 is 1. The highest BCUT2D eigenvalue weighted by Crippen LogP contribution is 2.35. The van der Waals surface area contributed by atoms with Gasteiger partial charge in [0.05, 0.1) is 13.7 Å². The molecule has 1 saturated carbocycles. The van der Waals surface area contributed by atoms with Crippen LogP contribution in [0.1, 0.15) is 30.9 Å². The maximum atomic E-state index is 10.2. The molecule has 0 heterocycles. The van der Waals surface area contributed by atoms with Crippen LogP contribution >= 0.6 is 0 Å². The van der Waals surface area contributed by atoms with E-state index in [0.717, 1.165) is 23.6 Å². The first-order valence-corrected chi connectivity index (χ1v) is 8.52. The van der Waals surface area contributed by atoms with E-state index in [4.69, 9.17) is 9.47 Å². The van der Waals surface area contributed by atoms with Crippen LogP contribution in [0.5, 0.6) is 17.2 Å². The fourth-order valence-corrected chi connectivity index (χ4v) is 2.95. The normalized spacial score (nSPS) is 14.0.